The van der Waals surface area contributed by atoms with Crippen LogP contribution in [-0.4, -0.2) is 16.2 Å². The number of nitrogens with one attached hydrogen (secondary N) is 2. The number of hydrazone groups is 1. The van der Waals surface area contributed by atoms with Crippen LogP contribution in [0.4, 0.5) is 5.95 Å². The van der Waals surface area contributed by atoms with Crippen LogP contribution in [0.2, 0.25) is 10.0 Å². The molecule has 1 aromatic heterocycles. The summed E-state index contributed by atoms with van der Waals surface area (Å²) >= 11 is 11.8. The summed E-state index contributed by atoms with van der Waals surface area (Å²) in [7, 11) is 0. The lowest BCUT2D eigenvalue weighted by Crippen LogP contribution is -1.92. The van der Waals surface area contributed by atoms with Crippen LogP contribution in [0.25, 0.3) is 11.0 Å². The largest absolute Gasteiger partial charge is 0.323 e. The highest BCUT2D eigenvalue weighted by Gasteiger charge is 2.00. The van der Waals surface area contributed by atoms with Gasteiger partial charge in [0.05, 0.1) is 27.3 Å². The summed E-state index contributed by atoms with van der Waals surface area (Å²) in [6.07, 6.45) is 1.65. The lowest BCUT2D eigenvalue weighted by atomic mass is 10.2. The molecule has 0 aliphatic heterocycles. The molecule has 0 fully saturated rings. The summed E-state index contributed by atoms with van der Waals surface area (Å²) in [5.74, 6) is 0.586. The third-order valence-corrected chi connectivity index (χ3v) is 3.46. The van der Waals surface area contributed by atoms with Gasteiger partial charge in [0.2, 0.25) is 5.95 Å². The Hall–Kier alpha value is -2.04. The Morgan fingerprint density at radius 1 is 1.10 bits per heavy atom. The summed E-state index contributed by atoms with van der Waals surface area (Å²) in [4.78, 5) is 7.47. The van der Waals surface area contributed by atoms with Crippen LogP contribution in [0.15, 0.2) is 47.6 Å². The van der Waals surface area contributed by atoms with E-state index in [4.69, 9.17) is 23.2 Å². The van der Waals surface area contributed by atoms with Gasteiger partial charge in [0.15, 0.2) is 0 Å². The van der Waals surface area contributed by atoms with Crippen LogP contribution in [0, 0.1) is 0 Å². The molecule has 0 bridgehead atoms. The minimum Gasteiger partial charge on any atom is -0.323 e. The molecule has 2 N–H and O–H groups in total. The van der Waals surface area contributed by atoms with Crippen LogP contribution in [0.5, 0.6) is 0 Å². The maximum atomic E-state index is 5.93. The third kappa shape index (κ3) is 2.76. The van der Waals surface area contributed by atoms with Crippen molar-refractivity contribution in [3.8, 4) is 0 Å². The molecule has 0 aliphatic rings. The minimum atomic E-state index is 0.499. The predicted molar refractivity (Wildman–Crippen MR) is 83.8 cm³/mol. The second kappa shape index (κ2) is 5.53. The van der Waals surface area contributed by atoms with Crippen molar-refractivity contribution in [2.24, 2.45) is 5.10 Å². The number of anilines is 1. The van der Waals surface area contributed by atoms with Gasteiger partial charge in [0, 0.05) is 0 Å². The fourth-order valence-electron chi connectivity index (χ4n) is 1.77. The molecule has 0 spiro atoms. The molecule has 0 saturated heterocycles. The van der Waals surface area contributed by atoms with E-state index in [1.165, 1.54) is 0 Å². The molecule has 2 aromatic carbocycles. The summed E-state index contributed by atoms with van der Waals surface area (Å²) in [6, 6.07) is 13.1. The minimum absolute atomic E-state index is 0.499. The first kappa shape index (κ1) is 13.0. The zero-order valence-electron chi connectivity index (χ0n) is 10.3. The van der Waals surface area contributed by atoms with Gasteiger partial charge in [-0.2, -0.15) is 5.10 Å². The number of rotatable bonds is 3. The molecule has 100 valence electrons. The van der Waals surface area contributed by atoms with Crippen molar-refractivity contribution >= 4 is 46.4 Å². The molecule has 1 heterocycles. The number of aromatic amines is 1. The Labute approximate surface area is 125 Å². The molecular weight excluding hydrogens is 295 g/mol. The number of hydrogen-bond acceptors (Lipinski definition) is 3. The number of imidazole rings is 1. The van der Waals surface area contributed by atoms with Gasteiger partial charge in [0.25, 0.3) is 0 Å². The zero-order chi connectivity index (χ0) is 13.9. The highest BCUT2D eigenvalue weighted by Crippen LogP contribution is 2.21. The molecule has 3 rings (SSSR count). The van der Waals surface area contributed by atoms with Crippen LogP contribution in [-0.2, 0) is 0 Å². The van der Waals surface area contributed by atoms with Crippen molar-refractivity contribution in [1.82, 2.24) is 9.97 Å². The van der Waals surface area contributed by atoms with Gasteiger partial charge < -0.3 is 4.98 Å². The number of hydrogen-bond donors (Lipinski definition) is 2. The number of fused-ring (bicyclic) bond motifs is 1. The Balaban J connectivity index is 1.75. The zero-order valence-corrected chi connectivity index (χ0v) is 11.8. The van der Waals surface area contributed by atoms with E-state index < -0.39 is 0 Å². The Morgan fingerprint density at radius 3 is 2.75 bits per heavy atom. The molecule has 0 radical (unpaired) electrons. The fourth-order valence-corrected chi connectivity index (χ4v) is 2.07. The van der Waals surface area contributed by atoms with E-state index in [1.54, 1.807) is 18.3 Å². The van der Waals surface area contributed by atoms with Gasteiger partial charge in [-0.15, -0.1) is 0 Å². The normalized spacial score (nSPS) is 11.3. The number of halogens is 2. The predicted octanol–water partition coefficient (Wildman–Crippen LogP) is 4.32. The molecule has 20 heavy (non-hydrogen) atoms. The fraction of sp³-hybridized carbons (Fsp3) is 0. The second-order valence-electron chi connectivity index (χ2n) is 4.15. The van der Waals surface area contributed by atoms with Gasteiger partial charge in [-0.1, -0.05) is 41.4 Å². The van der Waals surface area contributed by atoms with Gasteiger partial charge >= 0.3 is 0 Å². The summed E-state index contributed by atoms with van der Waals surface area (Å²) in [5, 5.41) is 5.13. The van der Waals surface area contributed by atoms with Crippen molar-refractivity contribution in [3.05, 3.63) is 58.1 Å². The molecule has 0 saturated carbocycles. The quantitative estimate of drug-likeness (QED) is 0.559. The molecule has 4 nitrogen and oxygen atoms in total. The molecule has 6 heteroatoms. The first-order valence-corrected chi connectivity index (χ1v) is 6.67. The maximum absolute atomic E-state index is 5.93. The molecule has 0 atom stereocenters. The van der Waals surface area contributed by atoms with Crippen LogP contribution in [0.1, 0.15) is 5.56 Å². The second-order valence-corrected chi connectivity index (χ2v) is 4.96. The topological polar surface area (TPSA) is 53.1 Å². The highest BCUT2D eigenvalue weighted by atomic mass is 35.5. The third-order valence-electron chi connectivity index (χ3n) is 2.72. The van der Waals surface area contributed by atoms with Crippen molar-refractivity contribution in [2.75, 3.05) is 5.43 Å². The van der Waals surface area contributed by atoms with Gasteiger partial charge in [-0.05, 0) is 29.8 Å². The SMILES string of the molecule is Clc1ccc(/C=N/Nc2nc3ccccc3[nH]2)cc1Cl. The number of H-pyrrole nitrogens is 1. The number of para-hydroxylation sites is 2. The van der Waals surface area contributed by atoms with Gasteiger partial charge in [-0.25, -0.2) is 10.4 Å². The lowest BCUT2D eigenvalue weighted by Gasteiger charge is -1.97. The van der Waals surface area contributed by atoms with Crippen LogP contribution >= 0.6 is 23.2 Å². The van der Waals surface area contributed by atoms with Crippen molar-refractivity contribution in [3.63, 3.8) is 0 Å². The summed E-state index contributed by atoms with van der Waals surface area (Å²) in [5.41, 5.74) is 5.54. The van der Waals surface area contributed by atoms with E-state index in [2.05, 4.69) is 20.5 Å². The number of aromatic nitrogens is 2. The van der Waals surface area contributed by atoms with E-state index in [-0.39, 0.29) is 0 Å². The smallest absolute Gasteiger partial charge is 0.222 e. The molecular formula is C14H10Cl2N4. The van der Waals surface area contributed by atoms with E-state index in [0.29, 0.717) is 16.0 Å². The molecule has 3 aromatic rings. The molecule has 0 aliphatic carbocycles. The average molecular weight is 305 g/mol. The van der Waals surface area contributed by atoms with E-state index >= 15 is 0 Å². The first-order chi connectivity index (χ1) is 9.72. The van der Waals surface area contributed by atoms with Crippen LogP contribution in [0.3, 0.4) is 0 Å². The summed E-state index contributed by atoms with van der Waals surface area (Å²) < 4.78 is 0. The van der Waals surface area contributed by atoms with Gasteiger partial charge in [-0.3, -0.25) is 0 Å². The lowest BCUT2D eigenvalue weighted by molar-refractivity contribution is 1.21. The monoisotopic (exact) mass is 304 g/mol. The van der Waals surface area contributed by atoms with Gasteiger partial charge in [0.1, 0.15) is 0 Å². The summed E-state index contributed by atoms with van der Waals surface area (Å²) in [6.45, 7) is 0. The Kier molecular flexibility index (Phi) is 3.58. The van der Waals surface area contributed by atoms with E-state index in [0.717, 1.165) is 16.6 Å². The van der Waals surface area contributed by atoms with Crippen molar-refractivity contribution in [2.45, 2.75) is 0 Å². The molecule has 0 unspecified atom stereocenters. The van der Waals surface area contributed by atoms with E-state index in [9.17, 15) is 0 Å². The van der Waals surface area contributed by atoms with Crippen LogP contribution < -0.4 is 5.43 Å². The number of nitrogens with zero attached hydrogens (tertiary/aromatic N) is 2. The Morgan fingerprint density at radius 2 is 1.95 bits per heavy atom. The Bertz CT molecular complexity index is 747. The molecule has 0 amide bonds. The van der Waals surface area contributed by atoms with Crippen molar-refractivity contribution in [1.29, 1.82) is 0 Å². The number of benzene rings is 2. The first-order valence-electron chi connectivity index (χ1n) is 5.91. The van der Waals surface area contributed by atoms with E-state index in [1.807, 2.05) is 30.3 Å². The van der Waals surface area contributed by atoms with Crippen molar-refractivity contribution < 1.29 is 0 Å². The highest BCUT2D eigenvalue weighted by molar-refractivity contribution is 6.42. The maximum Gasteiger partial charge on any atom is 0.222 e. The average Bonchev–Trinajstić information content (AvgIpc) is 2.85. The standard InChI is InChI=1S/C14H10Cl2N4/c15-10-6-5-9(7-11(10)16)8-17-20-14-18-12-3-1-2-4-13(12)19-14/h1-8H,(H2,18,19,20)/b17-8+.